The standard InChI is InChI=1S/C18H23N3O4S2/c22-16-10-7-12-13(25-9-24-12)8-11(10)21-15(19-16)14(27-18(21)26)17(23)20-5-3-1-2-4-6-20/h10-13H,1-9H2,(H,19,22). The number of rotatable bonds is 1. The van der Waals surface area contributed by atoms with E-state index in [1.807, 2.05) is 9.47 Å². The Kier molecular flexibility index (Phi) is 4.58. The molecule has 1 aliphatic carbocycles. The molecule has 1 aromatic heterocycles. The number of aromatic nitrogens is 1. The van der Waals surface area contributed by atoms with Crippen molar-refractivity contribution in [1.29, 1.82) is 0 Å². The van der Waals surface area contributed by atoms with Crippen molar-refractivity contribution < 1.29 is 19.1 Å². The smallest absolute Gasteiger partial charge is 0.267 e. The zero-order valence-electron chi connectivity index (χ0n) is 15.0. The van der Waals surface area contributed by atoms with Crippen LogP contribution in [0.5, 0.6) is 0 Å². The number of nitrogens with one attached hydrogen (secondary N) is 1. The second-order valence-electron chi connectivity index (χ2n) is 7.78. The van der Waals surface area contributed by atoms with Crippen LogP contribution >= 0.6 is 23.6 Å². The van der Waals surface area contributed by atoms with E-state index < -0.39 is 0 Å². The van der Waals surface area contributed by atoms with E-state index in [1.54, 1.807) is 0 Å². The average Bonchev–Trinajstić information content (AvgIpc) is 3.13. The molecule has 0 spiro atoms. The molecule has 146 valence electrons. The SMILES string of the molecule is O=C1Nc2c(C(=O)N3CCCCCC3)sc(=S)n2C2CC3OCOC3CC12. The molecule has 9 heteroatoms. The molecular weight excluding hydrogens is 386 g/mol. The van der Waals surface area contributed by atoms with Gasteiger partial charge in [0.1, 0.15) is 17.5 Å². The highest BCUT2D eigenvalue weighted by Crippen LogP contribution is 2.46. The molecule has 1 saturated carbocycles. The van der Waals surface area contributed by atoms with Crippen LogP contribution in [0.4, 0.5) is 5.82 Å². The van der Waals surface area contributed by atoms with Gasteiger partial charge in [-0.25, -0.2) is 0 Å². The fraction of sp³-hybridized carbons (Fsp3) is 0.722. The molecule has 2 saturated heterocycles. The number of carbonyl (C=O) groups excluding carboxylic acids is 2. The van der Waals surface area contributed by atoms with E-state index in [-0.39, 0.29) is 42.8 Å². The Labute approximate surface area is 166 Å². The van der Waals surface area contributed by atoms with Crippen molar-refractivity contribution in [3.63, 3.8) is 0 Å². The second kappa shape index (κ2) is 6.95. The molecule has 4 aliphatic rings. The zero-order chi connectivity index (χ0) is 18.5. The highest BCUT2D eigenvalue weighted by atomic mass is 32.1. The third-order valence-corrected chi connectivity index (χ3v) is 7.63. The fourth-order valence-electron chi connectivity index (χ4n) is 4.82. The number of nitrogens with zero attached hydrogens (tertiary/aromatic N) is 2. The number of anilines is 1. The number of carbonyl (C=O) groups is 2. The molecule has 0 radical (unpaired) electrons. The van der Waals surface area contributed by atoms with Gasteiger partial charge in [0.05, 0.1) is 24.2 Å². The summed E-state index contributed by atoms with van der Waals surface area (Å²) < 4.78 is 13.9. The molecule has 1 N–H and O–H groups in total. The quantitative estimate of drug-likeness (QED) is 0.722. The van der Waals surface area contributed by atoms with E-state index in [2.05, 4.69) is 5.32 Å². The van der Waals surface area contributed by atoms with Crippen molar-refractivity contribution in [2.45, 2.75) is 56.8 Å². The molecule has 7 nitrogen and oxygen atoms in total. The summed E-state index contributed by atoms with van der Waals surface area (Å²) in [4.78, 5) is 28.5. The van der Waals surface area contributed by atoms with Gasteiger partial charge in [0.15, 0.2) is 3.95 Å². The Bertz CT molecular complexity index is 827. The van der Waals surface area contributed by atoms with Crippen LogP contribution in [0.2, 0.25) is 0 Å². The first-order chi connectivity index (χ1) is 13.1. The van der Waals surface area contributed by atoms with Crippen LogP contribution < -0.4 is 5.32 Å². The van der Waals surface area contributed by atoms with Crippen LogP contribution in [-0.2, 0) is 14.3 Å². The predicted molar refractivity (Wildman–Crippen MR) is 103 cm³/mol. The lowest BCUT2D eigenvalue weighted by Gasteiger charge is -2.40. The molecule has 27 heavy (non-hydrogen) atoms. The largest absolute Gasteiger partial charge is 0.349 e. The van der Waals surface area contributed by atoms with Crippen LogP contribution in [0.3, 0.4) is 0 Å². The maximum absolute atomic E-state index is 13.2. The summed E-state index contributed by atoms with van der Waals surface area (Å²) in [5.74, 6) is 0.354. The van der Waals surface area contributed by atoms with Crippen LogP contribution in [0.15, 0.2) is 0 Å². The topological polar surface area (TPSA) is 72.8 Å². The number of thiazole rings is 1. The lowest BCUT2D eigenvalue weighted by atomic mass is 9.79. The van der Waals surface area contributed by atoms with Crippen LogP contribution in [0.1, 0.15) is 54.2 Å². The number of amides is 2. The number of likely N-dealkylation sites (tertiary alicyclic amines) is 1. The van der Waals surface area contributed by atoms with Crippen molar-refractivity contribution in [3.8, 4) is 0 Å². The molecule has 0 aromatic carbocycles. The van der Waals surface area contributed by atoms with E-state index in [0.717, 1.165) is 25.9 Å². The van der Waals surface area contributed by atoms with Gasteiger partial charge in [0.2, 0.25) is 5.91 Å². The Morgan fingerprint density at radius 3 is 2.56 bits per heavy atom. The molecule has 1 aromatic rings. The molecule has 4 atom stereocenters. The maximum atomic E-state index is 13.2. The van der Waals surface area contributed by atoms with E-state index in [1.165, 1.54) is 24.2 Å². The first kappa shape index (κ1) is 17.8. The summed E-state index contributed by atoms with van der Waals surface area (Å²) in [5, 5.41) is 2.99. The van der Waals surface area contributed by atoms with Crippen molar-refractivity contribution in [1.82, 2.24) is 9.47 Å². The van der Waals surface area contributed by atoms with Crippen molar-refractivity contribution >= 4 is 41.2 Å². The summed E-state index contributed by atoms with van der Waals surface area (Å²) in [6.45, 7) is 1.84. The van der Waals surface area contributed by atoms with Gasteiger partial charge >= 0.3 is 0 Å². The minimum Gasteiger partial charge on any atom is -0.349 e. The molecule has 0 bridgehead atoms. The first-order valence-electron chi connectivity index (χ1n) is 9.72. The third-order valence-electron chi connectivity index (χ3n) is 6.24. The summed E-state index contributed by atoms with van der Waals surface area (Å²) in [6, 6.07) is -0.0638. The van der Waals surface area contributed by atoms with E-state index in [0.29, 0.717) is 27.5 Å². The third kappa shape index (κ3) is 2.95. The molecule has 5 rings (SSSR count). The Morgan fingerprint density at radius 2 is 1.81 bits per heavy atom. The normalized spacial score (nSPS) is 32.9. The Morgan fingerprint density at radius 1 is 1.11 bits per heavy atom. The Hall–Kier alpha value is -1.29. The second-order valence-corrected chi connectivity index (χ2v) is 9.43. The van der Waals surface area contributed by atoms with Crippen molar-refractivity contribution in [2.24, 2.45) is 5.92 Å². The molecule has 4 unspecified atom stereocenters. The fourth-order valence-corrected chi connectivity index (χ4v) is 6.26. The molecular formula is C18H23N3O4S2. The lowest BCUT2D eigenvalue weighted by molar-refractivity contribution is -0.125. The molecule has 4 heterocycles. The maximum Gasteiger partial charge on any atom is 0.267 e. The summed E-state index contributed by atoms with van der Waals surface area (Å²) in [7, 11) is 0. The van der Waals surface area contributed by atoms with Crippen molar-refractivity contribution in [3.05, 3.63) is 8.83 Å². The summed E-state index contributed by atoms with van der Waals surface area (Å²) in [6.07, 6.45) is 5.69. The molecule has 3 aliphatic heterocycles. The van der Waals surface area contributed by atoms with Crippen LogP contribution in [-0.4, -0.2) is 53.4 Å². The highest BCUT2D eigenvalue weighted by Gasteiger charge is 2.48. The minimum absolute atomic E-state index is 0.00319. The first-order valence-corrected chi connectivity index (χ1v) is 10.9. The van der Waals surface area contributed by atoms with E-state index in [9.17, 15) is 9.59 Å². The lowest BCUT2D eigenvalue weighted by Crippen LogP contribution is -2.47. The number of fused-ring (bicyclic) bond motifs is 4. The van der Waals surface area contributed by atoms with Gasteiger partial charge in [-0.3, -0.25) is 9.59 Å². The van der Waals surface area contributed by atoms with Gasteiger partial charge in [-0.1, -0.05) is 24.2 Å². The summed E-state index contributed by atoms with van der Waals surface area (Å²) in [5.41, 5.74) is 0. The van der Waals surface area contributed by atoms with Gasteiger partial charge in [-0.15, -0.1) is 0 Å². The van der Waals surface area contributed by atoms with Crippen molar-refractivity contribution in [2.75, 3.05) is 25.2 Å². The van der Waals surface area contributed by atoms with E-state index >= 15 is 0 Å². The van der Waals surface area contributed by atoms with Gasteiger partial charge in [-0.05, 0) is 37.9 Å². The zero-order valence-corrected chi connectivity index (χ0v) is 16.7. The van der Waals surface area contributed by atoms with Gasteiger partial charge < -0.3 is 24.3 Å². The molecule has 3 fully saturated rings. The van der Waals surface area contributed by atoms with Gasteiger partial charge in [0, 0.05) is 13.1 Å². The Balaban J connectivity index is 1.49. The van der Waals surface area contributed by atoms with Gasteiger partial charge in [-0.2, -0.15) is 0 Å². The summed E-state index contributed by atoms with van der Waals surface area (Å²) >= 11 is 6.94. The number of ether oxygens (including phenoxy) is 2. The number of hydrogen-bond donors (Lipinski definition) is 1. The highest BCUT2D eigenvalue weighted by molar-refractivity contribution is 7.73. The predicted octanol–water partition coefficient (Wildman–Crippen LogP) is 2.94. The van der Waals surface area contributed by atoms with Gasteiger partial charge in [0.25, 0.3) is 5.91 Å². The van der Waals surface area contributed by atoms with Crippen LogP contribution in [0.25, 0.3) is 0 Å². The van der Waals surface area contributed by atoms with Crippen LogP contribution in [0, 0.1) is 9.87 Å². The number of hydrogen-bond acceptors (Lipinski definition) is 6. The monoisotopic (exact) mass is 409 g/mol. The minimum atomic E-state index is -0.192. The average molecular weight is 410 g/mol. The molecule has 2 amide bonds. The van der Waals surface area contributed by atoms with E-state index in [4.69, 9.17) is 21.7 Å².